The Labute approximate surface area is 109 Å². The number of likely N-dealkylation sites (tertiary alicyclic amines) is 1. The Kier molecular flexibility index (Phi) is 2.77. The maximum atomic E-state index is 12.1. The van der Waals surface area contributed by atoms with E-state index in [0.717, 1.165) is 0 Å². The maximum absolute atomic E-state index is 12.1. The lowest BCUT2D eigenvalue weighted by Gasteiger charge is -2.39. The Morgan fingerprint density at radius 3 is 2.58 bits per heavy atom. The lowest BCUT2D eigenvalue weighted by Crippen LogP contribution is -2.58. The quantitative estimate of drug-likeness (QED) is 0.834. The Bertz CT molecular complexity index is 524. The zero-order valence-electron chi connectivity index (χ0n) is 10.1. The van der Waals surface area contributed by atoms with Gasteiger partial charge >= 0.3 is 5.97 Å². The van der Waals surface area contributed by atoms with Gasteiger partial charge in [-0.05, 0) is 12.1 Å². The van der Waals surface area contributed by atoms with Crippen molar-refractivity contribution < 1.29 is 24.2 Å². The summed E-state index contributed by atoms with van der Waals surface area (Å²) in [7, 11) is 0. The highest BCUT2D eigenvalue weighted by Gasteiger charge is 2.40. The van der Waals surface area contributed by atoms with Crippen LogP contribution in [0.1, 0.15) is 0 Å². The van der Waals surface area contributed by atoms with Gasteiger partial charge < -0.3 is 19.5 Å². The second-order valence-electron chi connectivity index (χ2n) is 4.64. The SMILES string of the molecule is O=C(O)C1CN(C(=O)C2COc3ccccc3O2)C1. The molecule has 2 aliphatic rings. The van der Waals surface area contributed by atoms with Crippen LogP contribution in [0.5, 0.6) is 11.5 Å². The van der Waals surface area contributed by atoms with Crippen LogP contribution in [-0.2, 0) is 9.59 Å². The van der Waals surface area contributed by atoms with E-state index < -0.39 is 18.0 Å². The highest BCUT2D eigenvalue weighted by atomic mass is 16.6. The number of carbonyl (C=O) groups excluding carboxylic acids is 1. The fourth-order valence-corrected chi connectivity index (χ4v) is 2.16. The number of hydrogen-bond donors (Lipinski definition) is 1. The van der Waals surface area contributed by atoms with Gasteiger partial charge in [0.05, 0.1) is 5.92 Å². The molecule has 1 aromatic rings. The molecule has 2 heterocycles. The van der Waals surface area contributed by atoms with Gasteiger partial charge in [0.2, 0.25) is 6.10 Å². The van der Waals surface area contributed by atoms with E-state index in [0.29, 0.717) is 11.5 Å². The van der Waals surface area contributed by atoms with E-state index >= 15 is 0 Å². The van der Waals surface area contributed by atoms with E-state index in [2.05, 4.69) is 0 Å². The van der Waals surface area contributed by atoms with Crippen LogP contribution in [0.15, 0.2) is 24.3 Å². The van der Waals surface area contributed by atoms with Crippen LogP contribution >= 0.6 is 0 Å². The van der Waals surface area contributed by atoms with Crippen LogP contribution in [0, 0.1) is 5.92 Å². The standard InChI is InChI=1S/C13H13NO5/c15-12(14-5-8(6-14)13(16)17)11-7-18-9-3-1-2-4-10(9)19-11/h1-4,8,11H,5-7H2,(H,16,17). The topological polar surface area (TPSA) is 76.1 Å². The van der Waals surface area contributed by atoms with E-state index in [9.17, 15) is 9.59 Å². The first-order valence-corrected chi connectivity index (χ1v) is 6.05. The summed E-state index contributed by atoms with van der Waals surface area (Å²) in [5.41, 5.74) is 0. The molecule has 6 nitrogen and oxygen atoms in total. The summed E-state index contributed by atoms with van der Waals surface area (Å²) in [6.45, 7) is 0.648. The summed E-state index contributed by atoms with van der Waals surface area (Å²) in [5, 5.41) is 8.78. The van der Waals surface area contributed by atoms with Crippen molar-refractivity contribution in [3.63, 3.8) is 0 Å². The molecular formula is C13H13NO5. The summed E-state index contributed by atoms with van der Waals surface area (Å²) < 4.78 is 11.0. The molecule has 1 fully saturated rings. The first-order chi connectivity index (χ1) is 9.15. The van der Waals surface area contributed by atoms with E-state index in [-0.39, 0.29) is 25.6 Å². The van der Waals surface area contributed by atoms with Crippen molar-refractivity contribution in [3.8, 4) is 11.5 Å². The number of aliphatic carboxylic acids is 1. The number of benzene rings is 1. The minimum atomic E-state index is -0.866. The monoisotopic (exact) mass is 263 g/mol. The van der Waals surface area contributed by atoms with Crippen molar-refractivity contribution >= 4 is 11.9 Å². The van der Waals surface area contributed by atoms with Crippen molar-refractivity contribution in [2.75, 3.05) is 19.7 Å². The number of amides is 1. The summed E-state index contributed by atoms with van der Waals surface area (Å²) in [6.07, 6.45) is -0.690. The third-order valence-electron chi connectivity index (χ3n) is 3.33. The molecule has 1 saturated heterocycles. The fourth-order valence-electron chi connectivity index (χ4n) is 2.16. The van der Waals surface area contributed by atoms with Gasteiger partial charge in [0.25, 0.3) is 5.91 Å². The minimum Gasteiger partial charge on any atom is -0.485 e. The molecule has 0 radical (unpaired) electrons. The largest absolute Gasteiger partial charge is 0.485 e. The van der Waals surface area contributed by atoms with Crippen LogP contribution in [0.25, 0.3) is 0 Å². The predicted octanol–water partition coefficient (Wildman–Crippen LogP) is 0.369. The van der Waals surface area contributed by atoms with Gasteiger partial charge in [-0.3, -0.25) is 9.59 Å². The second-order valence-corrected chi connectivity index (χ2v) is 4.64. The van der Waals surface area contributed by atoms with Crippen LogP contribution in [0.4, 0.5) is 0 Å². The lowest BCUT2D eigenvalue weighted by atomic mass is 10.00. The zero-order valence-corrected chi connectivity index (χ0v) is 10.1. The Balaban J connectivity index is 1.63. The van der Waals surface area contributed by atoms with Gasteiger partial charge in [-0.1, -0.05) is 12.1 Å². The van der Waals surface area contributed by atoms with Crippen molar-refractivity contribution in [1.29, 1.82) is 0 Å². The molecule has 100 valence electrons. The molecule has 0 saturated carbocycles. The molecule has 0 aliphatic carbocycles. The number of carboxylic acid groups (broad SMARTS) is 1. The van der Waals surface area contributed by atoms with Gasteiger partial charge in [0.15, 0.2) is 11.5 Å². The van der Waals surface area contributed by atoms with Crippen LogP contribution in [-0.4, -0.2) is 47.7 Å². The third kappa shape index (κ3) is 2.09. The first-order valence-electron chi connectivity index (χ1n) is 6.05. The van der Waals surface area contributed by atoms with Crippen molar-refractivity contribution in [3.05, 3.63) is 24.3 Å². The number of ether oxygens (including phenoxy) is 2. The zero-order chi connectivity index (χ0) is 13.4. The summed E-state index contributed by atoms with van der Waals surface area (Å²) in [5.74, 6) is -0.371. The predicted molar refractivity (Wildman–Crippen MR) is 64.1 cm³/mol. The summed E-state index contributed by atoms with van der Waals surface area (Å²) in [4.78, 5) is 24.3. The lowest BCUT2D eigenvalue weighted by molar-refractivity contribution is -0.157. The Hall–Kier alpha value is -2.24. The molecule has 19 heavy (non-hydrogen) atoms. The molecule has 1 amide bonds. The molecule has 3 rings (SSSR count). The average molecular weight is 263 g/mol. The molecule has 1 unspecified atom stereocenters. The maximum Gasteiger partial charge on any atom is 0.310 e. The number of carboxylic acids is 1. The first kappa shape index (κ1) is 11.8. The molecule has 0 aromatic heterocycles. The molecule has 0 bridgehead atoms. The van der Waals surface area contributed by atoms with Crippen molar-refractivity contribution in [2.24, 2.45) is 5.92 Å². The van der Waals surface area contributed by atoms with Crippen molar-refractivity contribution in [1.82, 2.24) is 4.90 Å². The van der Waals surface area contributed by atoms with E-state index in [1.54, 1.807) is 18.2 Å². The molecule has 0 spiro atoms. The van der Waals surface area contributed by atoms with E-state index in [1.807, 2.05) is 6.07 Å². The number of carbonyl (C=O) groups is 2. The number of nitrogens with zero attached hydrogens (tertiary/aromatic N) is 1. The van der Waals surface area contributed by atoms with E-state index in [1.165, 1.54) is 4.90 Å². The third-order valence-corrected chi connectivity index (χ3v) is 3.33. The van der Waals surface area contributed by atoms with Gasteiger partial charge in [-0.25, -0.2) is 0 Å². The molecule has 2 aliphatic heterocycles. The minimum absolute atomic E-state index is 0.157. The highest BCUT2D eigenvalue weighted by molar-refractivity contribution is 5.85. The molecule has 1 N–H and O–H groups in total. The van der Waals surface area contributed by atoms with Gasteiger partial charge in [0, 0.05) is 13.1 Å². The Morgan fingerprint density at radius 2 is 1.89 bits per heavy atom. The number of hydrogen-bond acceptors (Lipinski definition) is 4. The fraction of sp³-hybridized carbons (Fsp3) is 0.385. The van der Waals surface area contributed by atoms with Gasteiger partial charge in [-0.2, -0.15) is 0 Å². The normalized spacial score (nSPS) is 21.7. The summed E-state index contributed by atoms with van der Waals surface area (Å²) in [6, 6.07) is 7.15. The van der Waals surface area contributed by atoms with E-state index in [4.69, 9.17) is 14.6 Å². The van der Waals surface area contributed by atoms with Crippen LogP contribution in [0.3, 0.4) is 0 Å². The number of fused-ring (bicyclic) bond motifs is 1. The number of para-hydroxylation sites is 2. The van der Waals surface area contributed by atoms with Gasteiger partial charge in [-0.15, -0.1) is 0 Å². The number of rotatable bonds is 2. The van der Waals surface area contributed by atoms with Crippen LogP contribution < -0.4 is 9.47 Å². The van der Waals surface area contributed by atoms with Crippen molar-refractivity contribution in [2.45, 2.75) is 6.10 Å². The van der Waals surface area contributed by atoms with Crippen LogP contribution in [0.2, 0.25) is 0 Å². The van der Waals surface area contributed by atoms with Gasteiger partial charge in [0.1, 0.15) is 6.61 Å². The molecular weight excluding hydrogens is 250 g/mol. The average Bonchev–Trinajstić information content (AvgIpc) is 2.35. The molecule has 1 aromatic carbocycles. The molecule has 6 heteroatoms. The second kappa shape index (κ2) is 4.46. The smallest absolute Gasteiger partial charge is 0.310 e. The Morgan fingerprint density at radius 1 is 1.21 bits per heavy atom. The highest BCUT2D eigenvalue weighted by Crippen LogP contribution is 2.31. The molecule has 1 atom stereocenters. The summed E-state index contributed by atoms with van der Waals surface area (Å²) >= 11 is 0.